The van der Waals surface area contributed by atoms with Gasteiger partial charge in [0.2, 0.25) is 0 Å². The van der Waals surface area contributed by atoms with Crippen molar-refractivity contribution in [2.75, 3.05) is 26.2 Å². The van der Waals surface area contributed by atoms with Crippen molar-refractivity contribution >= 4 is 17.8 Å². The van der Waals surface area contributed by atoms with Crippen LogP contribution in [0.4, 0.5) is 4.79 Å². The van der Waals surface area contributed by atoms with Crippen LogP contribution in [-0.2, 0) is 11.3 Å². The molecular formula is C20H27N3O2S. The zero-order valence-corrected chi connectivity index (χ0v) is 16.2. The molecule has 2 amide bonds. The molecule has 5 nitrogen and oxygen atoms in total. The highest BCUT2D eigenvalue weighted by Gasteiger charge is 2.39. The predicted octanol–water partition coefficient (Wildman–Crippen LogP) is 3.69. The van der Waals surface area contributed by atoms with Crippen LogP contribution in [0.25, 0.3) is 0 Å². The van der Waals surface area contributed by atoms with Crippen LogP contribution in [0.1, 0.15) is 31.7 Å². The van der Waals surface area contributed by atoms with Gasteiger partial charge in [0.15, 0.2) is 5.50 Å². The first kappa shape index (κ1) is 17.7. The summed E-state index contributed by atoms with van der Waals surface area (Å²) in [5.41, 5.74) is 2.55. The summed E-state index contributed by atoms with van der Waals surface area (Å²) in [6, 6.07) is 10.6. The first-order valence-corrected chi connectivity index (χ1v) is 10.5. The molecule has 0 radical (unpaired) electrons. The molecule has 2 unspecified atom stereocenters. The SMILES string of the molecule is CC1=CSC(N2CCN(CC3CCCCO3)C2=O)N1Cc1ccccc1. The second kappa shape index (κ2) is 7.92. The van der Waals surface area contributed by atoms with Gasteiger partial charge >= 0.3 is 6.03 Å². The van der Waals surface area contributed by atoms with Gasteiger partial charge in [-0.3, -0.25) is 4.90 Å². The summed E-state index contributed by atoms with van der Waals surface area (Å²) < 4.78 is 5.83. The maximum Gasteiger partial charge on any atom is 0.322 e. The zero-order valence-electron chi connectivity index (χ0n) is 15.3. The van der Waals surface area contributed by atoms with Crippen molar-refractivity contribution in [1.29, 1.82) is 0 Å². The van der Waals surface area contributed by atoms with E-state index in [1.54, 1.807) is 11.8 Å². The summed E-state index contributed by atoms with van der Waals surface area (Å²) in [4.78, 5) is 19.3. The highest BCUT2D eigenvalue weighted by Crippen LogP contribution is 2.36. The Labute approximate surface area is 160 Å². The van der Waals surface area contributed by atoms with Crippen molar-refractivity contribution in [1.82, 2.24) is 14.7 Å². The number of urea groups is 1. The Morgan fingerprint density at radius 2 is 2.04 bits per heavy atom. The normalized spacial score (nSPS) is 26.6. The van der Waals surface area contributed by atoms with Crippen molar-refractivity contribution in [3.05, 3.63) is 47.0 Å². The number of thioether (sulfide) groups is 1. The average molecular weight is 374 g/mol. The Morgan fingerprint density at radius 3 is 2.81 bits per heavy atom. The highest BCUT2D eigenvalue weighted by atomic mass is 32.2. The van der Waals surface area contributed by atoms with E-state index < -0.39 is 0 Å². The quantitative estimate of drug-likeness (QED) is 0.789. The summed E-state index contributed by atoms with van der Waals surface area (Å²) in [5, 5.41) is 2.17. The van der Waals surface area contributed by atoms with Gasteiger partial charge in [0.05, 0.1) is 6.10 Å². The molecular weight excluding hydrogens is 346 g/mol. The molecule has 0 saturated carbocycles. The molecule has 3 heterocycles. The Bertz CT molecular complexity index is 660. The summed E-state index contributed by atoms with van der Waals surface area (Å²) in [5.74, 6) is 0. The molecule has 26 heavy (non-hydrogen) atoms. The Balaban J connectivity index is 1.40. The topological polar surface area (TPSA) is 36.0 Å². The van der Waals surface area contributed by atoms with Gasteiger partial charge in [0.1, 0.15) is 0 Å². The Kier molecular flexibility index (Phi) is 5.41. The van der Waals surface area contributed by atoms with Crippen LogP contribution >= 0.6 is 11.8 Å². The molecule has 1 aromatic carbocycles. The zero-order chi connectivity index (χ0) is 17.9. The number of rotatable bonds is 5. The van der Waals surface area contributed by atoms with Crippen LogP contribution in [0.15, 0.2) is 41.4 Å². The molecule has 3 aliphatic heterocycles. The van der Waals surface area contributed by atoms with Crippen molar-refractivity contribution in [3.8, 4) is 0 Å². The summed E-state index contributed by atoms with van der Waals surface area (Å²) in [7, 11) is 0. The van der Waals surface area contributed by atoms with E-state index in [1.165, 1.54) is 17.7 Å². The smallest absolute Gasteiger partial charge is 0.322 e. The molecule has 3 aliphatic rings. The van der Waals surface area contributed by atoms with Crippen molar-refractivity contribution in [2.45, 2.75) is 44.3 Å². The van der Waals surface area contributed by atoms with Gasteiger partial charge in [-0.15, -0.1) is 0 Å². The van der Waals surface area contributed by atoms with Crippen LogP contribution in [0, 0.1) is 0 Å². The number of hydrogen-bond acceptors (Lipinski definition) is 4. The van der Waals surface area contributed by atoms with E-state index in [1.807, 2.05) is 15.9 Å². The molecule has 0 spiro atoms. The number of ether oxygens (including phenoxy) is 1. The second-order valence-corrected chi connectivity index (χ2v) is 8.18. The van der Waals surface area contributed by atoms with Crippen molar-refractivity contribution < 1.29 is 9.53 Å². The first-order valence-electron chi connectivity index (χ1n) is 9.52. The van der Waals surface area contributed by atoms with E-state index in [0.29, 0.717) is 0 Å². The van der Waals surface area contributed by atoms with Crippen LogP contribution in [-0.4, -0.2) is 58.6 Å². The van der Waals surface area contributed by atoms with E-state index in [9.17, 15) is 4.79 Å². The molecule has 0 bridgehead atoms. The van der Waals surface area contributed by atoms with Gasteiger partial charge in [-0.05, 0) is 37.2 Å². The summed E-state index contributed by atoms with van der Waals surface area (Å²) >= 11 is 1.74. The monoisotopic (exact) mass is 373 g/mol. The number of carbonyl (C=O) groups is 1. The van der Waals surface area contributed by atoms with E-state index in [2.05, 4.69) is 41.5 Å². The molecule has 2 saturated heterocycles. The van der Waals surface area contributed by atoms with Crippen LogP contribution in [0.2, 0.25) is 0 Å². The molecule has 1 aromatic rings. The molecule has 0 aliphatic carbocycles. The maximum absolute atomic E-state index is 13.0. The predicted molar refractivity (Wildman–Crippen MR) is 104 cm³/mol. The first-order chi connectivity index (χ1) is 12.7. The standard InChI is InChI=1S/C20H27N3O2S/c1-16-15-26-20(23(16)13-17-7-3-2-4-8-17)22-11-10-21(19(22)24)14-18-9-5-6-12-25-18/h2-4,7-8,15,18,20H,5-6,9-14H2,1H3. The summed E-state index contributed by atoms with van der Waals surface area (Å²) in [6.45, 7) is 6.12. The average Bonchev–Trinajstić information content (AvgIpc) is 3.20. The minimum atomic E-state index is 0.0555. The van der Waals surface area contributed by atoms with Crippen LogP contribution < -0.4 is 0 Å². The lowest BCUT2D eigenvalue weighted by molar-refractivity contribution is 0.00265. The molecule has 0 N–H and O–H groups in total. The lowest BCUT2D eigenvalue weighted by Gasteiger charge is -2.34. The molecule has 0 aromatic heterocycles. The summed E-state index contributed by atoms with van der Waals surface area (Å²) in [6.07, 6.45) is 3.64. The number of nitrogens with zero attached hydrogens (tertiary/aromatic N) is 3. The number of carbonyl (C=O) groups excluding carboxylic acids is 1. The fourth-order valence-corrected chi connectivity index (χ4v) is 5.06. The molecule has 140 valence electrons. The van der Waals surface area contributed by atoms with Gasteiger partial charge in [0.25, 0.3) is 0 Å². The van der Waals surface area contributed by atoms with E-state index in [0.717, 1.165) is 45.6 Å². The van der Waals surface area contributed by atoms with E-state index >= 15 is 0 Å². The number of benzene rings is 1. The fourth-order valence-electron chi connectivity index (χ4n) is 3.87. The van der Waals surface area contributed by atoms with Gasteiger partial charge in [-0.25, -0.2) is 4.79 Å². The molecule has 4 rings (SSSR count). The lowest BCUT2D eigenvalue weighted by atomic mass is 10.1. The molecule has 2 fully saturated rings. The Morgan fingerprint density at radius 1 is 1.19 bits per heavy atom. The largest absolute Gasteiger partial charge is 0.376 e. The molecule has 2 atom stereocenters. The van der Waals surface area contributed by atoms with Crippen LogP contribution in [0.3, 0.4) is 0 Å². The second-order valence-electron chi connectivity index (χ2n) is 7.25. The highest BCUT2D eigenvalue weighted by molar-refractivity contribution is 8.02. The third-order valence-electron chi connectivity index (χ3n) is 5.37. The minimum Gasteiger partial charge on any atom is -0.376 e. The Hall–Kier alpha value is -1.66. The maximum atomic E-state index is 13.0. The lowest BCUT2D eigenvalue weighted by Crippen LogP contribution is -2.46. The number of amides is 2. The van der Waals surface area contributed by atoms with Gasteiger partial charge < -0.3 is 14.5 Å². The number of allylic oxidation sites excluding steroid dienone is 1. The fraction of sp³-hybridized carbons (Fsp3) is 0.550. The molecule has 6 heteroatoms. The van der Waals surface area contributed by atoms with Crippen molar-refractivity contribution in [3.63, 3.8) is 0 Å². The third-order valence-corrected chi connectivity index (χ3v) is 6.60. The third kappa shape index (κ3) is 3.71. The van der Waals surface area contributed by atoms with E-state index in [-0.39, 0.29) is 17.6 Å². The number of hydrogen-bond donors (Lipinski definition) is 0. The van der Waals surface area contributed by atoms with Crippen molar-refractivity contribution in [2.24, 2.45) is 0 Å². The van der Waals surface area contributed by atoms with Gasteiger partial charge in [-0.1, -0.05) is 42.1 Å². The van der Waals surface area contributed by atoms with Gasteiger partial charge in [-0.2, -0.15) is 0 Å². The van der Waals surface area contributed by atoms with Gasteiger partial charge in [0, 0.05) is 38.5 Å². The van der Waals surface area contributed by atoms with Crippen LogP contribution in [0.5, 0.6) is 0 Å². The van der Waals surface area contributed by atoms with E-state index in [4.69, 9.17) is 4.74 Å². The minimum absolute atomic E-state index is 0.0555.